The molecule has 130 valence electrons. The lowest BCUT2D eigenvalue weighted by molar-refractivity contribution is -0.120. The quantitative estimate of drug-likeness (QED) is 0.747. The van der Waals surface area contributed by atoms with Crippen LogP contribution < -0.4 is 10.2 Å². The van der Waals surface area contributed by atoms with Crippen molar-refractivity contribution in [2.75, 3.05) is 19.0 Å². The van der Waals surface area contributed by atoms with Crippen molar-refractivity contribution >= 4 is 22.5 Å². The van der Waals surface area contributed by atoms with Gasteiger partial charge in [-0.2, -0.15) is 0 Å². The first-order valence-electron chi connectivity index (χ1n) is 8.55. The first-order chi connectivity index (χ1) is 11.9. The molecule has 1 aromatic heterocycles. The van der Waals surface area contributed by atoms with Gasteiger partial charge in [0.25, 0.3) is 0 Å². The molecule has 1 heterocycles. The van der Waals surface area contributed by atoms with Crippen LogP contribution in [-0.2, 0) is 17.8 Å². The average molecular weight is 335 g/mol. The van der Waals surface area contributed by atoms with Gasteiger partial charge in [0.1, 0.15) is 0 Å². The third-order valence-electron chi connectivity index (χ3n) is 4.55. The number of benzene rings is 2. The maximum atomic E-state index is 12.4. The van der Waals surface area contributed by atoms with Crippen LogP contribution in [0.5, 0.6) is 0 Å². The van der Waals surface area contributed by atoms with Gasteiger partial charge < -0.3 is 15.2 Å². The molecule has 4 nitrogen and oxygen atoms in total. The summed E-state index contributed by atoms with van der Waals surface area (Å²) in [5.74, 6) is 0.0437. The van der Waals surface area contributed by atoms with E-state index < -0.39 is 0 Å². The minimum absolute atomic E-state index is 0.0437. The maximum absolute atomic E-state index is 12.4. The van der Waals surface area contributed by atoms with E-state index in [1.54, 1.807) is 0 Å². The maximum Gasteiger partial charge on any atom is 0.224 e. The third kappa shape index (κ3) is 3.85. The second-order valence-electron chi connectivity index (χ2n) is 6.79. The van der Waals surface area contributed by atoms with Gasteiger partial charge in [0.2, 0.25) is 5.91 Å². The Bertz CT molecular complexity index is 891. The van der Waals surface area contributed by atoms with Gasteiger partial charge in [-0.1, -0.05) is 23.8 Å². The molecule has 0 bridgehead atoms. The lowest BCUT2D eigenvalue weighted by atomic mass is 10.1. The van der Waals surface area contributed by atoms with Crippen LogP contribution in [0, 0.1) is 13.8 Å². The Kier molecular flexibility index (Phi) is 4.79. The molecule has 0 aliphatic carbocycles. The number of rotatable bonds is 5. The average Bonchev–Trinajstić information content (AvgIpc) is 2.88. The predicted octanol–water partition coefficient (Wildman–Crippen LogP) is 3.71. The lowest BCUT2D eigenvalue weighted by Gasteiger charge is -2.13. The molecular formula is C21H25N3O. The number of aromatic nitrogens is 1. The van der Waals surface area contributed by atoms with Gasteiger partial charge in [0.15, 0.2) is 0 Å². The third-order valence-corrected chi connectivity index (χ3v) is 4.55. The molecule has 0 spiro atoms. The van der Waals surface area contributed by atoms with Gasteiger partial charge in [-0.25, -0.2) is 0 Å². The second-order valence-corrected chi connectivity index (χ2v) is 6.79. The van der Waals surface area contributed by atoms with Crippen LogP contribution in [0.2, 0.25) is 0 Å². The Labute approximate surface area is 148 Å². The summed E-state index contributed by atoms with van der Waals surface area (Å²) in [5, 5.41) is 4.17. The van der Waals surface area contributed by atoms with Crippen LogP contribution in [-0.4, -0.2) is 25.0 Å². The highest BCUT2D eigenvalue weighted by atomic mass is 16.1. The van der Waals surface area contributed by atoms with Gasteiger partial charge in [-0.05, 0) is 49.2 Å². The van der Waals surface area contributed by atoms with Crippen LogP contribution >= 0.6 is 0 Å². The van der Waals surface area contributed by atoms with E-state index in [9.17, 15) is 4.79 Å². The summed E-state index contributed by atoms with van der Waals surface area (Å²) in [6.07, 6.45) is 0.394. The minimum atomic E-state index is 0.0437. The zero-order chi connectivity index (χ0) is 18.0. The SMILES string of the molecule is Cc1ccc2[nH]c(C)c(CC(=O)NCc3ccc(N(C)C)cc3)c2c1. The number of hydrogen-bond acceptors (Lipinski definition) is 2. The molecule has 0 aliphatic heterocycles. The van der Waals surface area contributed by atoms with E-state index in [1.807, 2.05) is 21.0 Å². The number of aryl methyl sites for hydroxylation is 2. The molecule has 0 unspecified atom stereocenters. The Morgan fingerprint density at radius 3 is 2.48 bits per heavy atom. The van der Waals surface area contributed by atoms with Crippen molar-refractivity contribution in [2.45, 2.75) is 26.8 Å². The van der Waals surface area contributed by atoms with Crippen molar-refractivity contribution in [1.82, 2.24) is 10.3 Å². The van der Waals surface area contributed by atoms with Crippen molar-refractivity contribution in [1.29, 1.82) is 0 Å². The Morgan fingerprint density at radius 2 is 1.80 bits per heavy atom. The molecule has 2 aromatic carbocycles. The van der Waals surface area contributed by atoms with E-state index in [4.69, 9.17) is 0 Å². The molecule has 0 saturated carbocycles. The molecule has 4 heteroatoms. The molecule has 25 heavy (non-hydrogen) atoms. The number of fused-ring (bicyclic) bond motifs is 1. The number of amides is 1. The van der Waals surface area contributed by atoms with E-state index in [0.29, 0.717) is 13.0 Å². The molecule has 1 amide bonds. The summed E-state index contributed by atoms with van der Waals surface area (Å²) in [7, 11) is 4.03. The highest BCUT2D eigenvalue weighted by Crippen LogP contribution is 2.23. The number of carbonyl (C=O) groups is 1. The zero-order valence-electron chi connectivity index (χ0n) is 15.3. The Morgan fingerprint density at radius 1 is 1.08 bits per heavy atom. The van der Waals surface area contributed by atoms with E-state index in [-0.39, 0.29) is 5.91 Å². The number of hydrogen-bond donors (Lipinski definition) is 2. The van der Waals surface area contributed by atoms with E-state index in [1.165, 1.54) is 5.56 Å². The molecule has 0 atom stereocenters. The molecule has 0 aliphatic rings. The Balaban J connectivity index is 1.67. The van der Waals surface area contributed by atoms with Crippen LogP contribution in [0.3, 0.4) is 0 Å². The zero-order valence-corrected chi connectivity index (χ0v) is 15.3. The van der Waals surface area contributed by atoms with Crippen LogP contribution in [0.25, 0.3) is 10.9 Å². The summed E-state index contributed by atoms with van der Waals surface area (Å²) in [4.78, 5) is 17.8. The Hall–Kier alpha value is -2.75. The van der Waals surface area contributed by atoms with Gasteiger partial charge in [0, 0.05) is 42.9 Å². The number of H-pyrrole nitrogens is 1. The normalized spacial score (nSPS) is 10.9. The largest absolute Gasteiger partial charge is 0.378 e. The van der Waals surface area contributed by atoms with Crippen molar-refractivity contribution in [2.24, 2.45) is 0 Å². The molecule has 3 rings (SSSR count). The standard InChI is InChI=1S/C21H25N3O/c1-14-5-10-20-19(11-14)18(15(2)23-20)12-21(25)22-13-16-6-8-17(9-7-16)24(3)4/h5-11,23H,12-13H2,1-4H3,(H,22,25). The topological polar surface area (TPSA) is 48.1 Å². The summed E-state index contributed by atoms with van der Waals surface area (Å²) in [6, 6.07) is 14.5. The number of carbonyl (C=O) groups excluding carboxylic acids is 1. The fraction of sp³-hybridized carbons (Fsp3) is 0.286. The van der Waals surface area contributed by atoms with Gasteiger partial charge in [-0.3, -0.25) is 4.79 Å². The fourth-order valence-corrected chi connectivity index (χ4v) is 3.06. The molecule has 0 fully saturated rings. The summed E-state index contributed by atoms with van der Waals surface area (Å²) < 4.78 is 0. The van der Waals surface area contributed by atoms with Crippen LogP contribution in [0.15, 0.2) is 42.5 Å². The lowest BCUT2D eigenvalue weighted by Crippen LogP contribution is -2.24. The van der Waals surface area contributed by atoms with Crippen LogP contribution in [0.1, 0.15) is 22.4 Å². The van der Waals surface area contributed by atoms with Gasteiger partial charge in [0.05, 0.1) is 6.42 Å². The monoisotopic (exact) mass is 335 g/mol. The first-order valence-corrected chi connectivity index (χ1v) is 8.55. The van der Waals surface area contributed by atoms with Crippen molar-refractivity contribution in [3.05, 3.63) is 64.8 Å². The van der Waals surface area contributed by atoms with E-state index in [0.717, 1.165) is 33.4 Å². The van der Waals surface area contributed by atoms with Crippen LogP contribution in [0.4, 0.5) is 5.69 Å². The number of nitrogens with zero attached hydrogens (tertiary/aromatic N) is 1. The molecule has 0 saturated heterocycles. The predicted molar refractivity (Wildman–Crippen MR) is 104 cm³/mol. The van der Waals surface area contributed by atoms with Crippen molar-refractivity contribution < 1.29 is 4.79 Å². The second kappa shape index (κ2) is 7.01. The molecule has 3 aromatic rings. The summed E-state index contributed by atoms with van der Waals surface area (Å²) in [5.41, 5.74) is 6.69. The smallest absolute Gasteiger partial charge is 0.224 e. The molecular weight excluding hydrogens is 310 g/mol. The molecule has 2 N–H and O–H groups in total. The van der Waals surface area contributed by atoms with Gasteiger partial charge >= 0.3 is 0 Å². The van der Waals surface area contributed by atoms with E-state index >= 15 is 0 Å². The molecule has 0 radical (unpaired) electrons. The number of anilines is 1. The fourth-order valence-electron chi connectivity index (χ4n) is 3.06. The highest BCUT2D eigenvalue weighted by molar-refractivity contribution is 5.90. The first kappa shape index (κ1) is 17.1. The summed E-state index contributed by atoms with van der Waals surface area (Å²) in [6.45, 7) is 4.65. The van der Waals surface area contributed by atoms with Gasteiger partial charge in [-0.15, -0.1) is 0 Å². The number of aromatic amines is 1. The minimum Gasteiger partial charge on any atom is -0.378 e. The summed E-state index contributed by atoms with van der Waals surface area (Å²) >= 11 is 0. The van der Waals surface area contributed by atoms with Crippen molar-refractivity contribution in [3.8, 4) is 0 Å². The highest BCUT2D eigenvalue weighted by Gasteiger charge is 2.12. The number of nitrogens with one attached hydrogen (secondary N) is 2. The van der Waals surface area contributed by atoms with E-state index in [2.05, 4.69) is 64.6 Å². The van der Waals surface area contributed by atoms with Crippen molar-refractivity contribution in [3.63, 3.8) is 0 Å².